The molecule has 0 amide bonds. The molecule has 4 nitrogen and oxygen atoms in total. The predicted molar refractivity (Wildman–Crippen MR) is 52.9 cm³/mol. The summed E-state index contributed by atoms with van der Waals surface area (Å²) in [7, 11) is -0.952. The minimum atomic E-state index is -2.87. The van der Waals surface area contributed by atoms with Crippen molar-refractivity contribution in [1.82, 2.24) is 4.90 Å². The van der Waals surface area contributed by atoms with Crippen LogP contribution in [0.5, 0.6) is 0 Å². The first-order valence-corrected chi connectivity index (χ1v) is 6.73. The summed E-state index contributed by atoms with van der Waals surface area (Å²) in [6.07, 6.45) is 1.56. The Hall–Kier alpha value is -0.420. The van der Waals surface area contributed by atoms with Crippen molar-refractivity contribution in [3.05, 3.63) is 0 Å². The first kappa shape index (κ1) is 10.1. The van der Waals surface area contributed by atoms with E-state index in [0.29, 0.717) is 19.3 Å². The molecule has 2 aliphatic rings. The maximum atomic E-state index is 11.7. The van der Waals surface area contributed by atoms with Crippen molar-refractivity contribution in [2.45, 2.75) is 24.8 Å². The number of rotatable bonds is 0. The van der Waals surface area contributed by atoms with E-state index in [1.54, 1.807) is 0 Å². The van der Waals surface area contributed by atoms with Crippen molar-refractivity contribution < 1.29 is 13.2 Å². The van der Waals surface area contributed by atoms with E-state index in [4.69, 9.17) is 0 Å². The molecule has 0 radical (unpaired) electrons. The molecule has 0 aromatic heterocycles. The van der Waals surface area contributed by atoms with Gasteiger partial charge in [0, 0.05) is 13.0 Å². The Morgan fingerprint density at radius 2 is 1.86 bits per heavy atom. The van der Waals surface area contributed by atoms with Crippen LogP contribution in [0, 0.1) is 0 Å². The van der Waals surface area contributed by atoms with Gasteiger partial charge in [0.05, 0.1) is 17.0 Å². The molecule has 2 rings (SSSR count). The highest BCUT2D eigenvalue weighted by atomic mass is 32.2. The van der Waals surface area contributed by atoms with Gasteiger partial charge in [-0.05, 0) is 19.9 Å². The van der Waals surface area contributed by atoms with Crippen molar-refractivity contribution in [3.8, 4) is 0 Å². The minimum absolute atomic E-state index is 0.170. The minimum Gasteiger partial charge on any atom is -0.298 e. The number of hydrogen-bond acceptors (Lipinski definition) is 4. The zero-order chi connectivity index (χ0) is 10.4. The first-order valence-electron chi connectivity index (χ1n) is 4.91. The topological polar surface area (TPSA) is 54.5 Å². The number of carbonyl (C=O) groups excluding carboxylic acids is 1. The number of ketones is 1. The van der Waals surface area contributed by atoms with Crippen LogP contribution in [0.15, 0.2) is 0 Å². The maximum absolute atomic E-state index is 11.7. The van der Waals surface area contributed by atoms with Crippen molar-refractivity contribution >= 4 is 15.6 Å². The van der Waals surface area contributed by atoms with Gasteiger partial charge in [-0.3, -0.25) is 9.69 Å². The number of Topliss-reactive ketones (excluding diaryl/α,β-unsaturated/α-hetero) is 1. The van der Waals surface area contributed by atoms with E-state index in [1.165, 1.54) is 0 Å². The van der Waals surface area contributed by atoms with Crippen molar-refractivity contribution in [1.29, 1.82) is 0 Å². The predicted octanol–water partition coefficient (Wildman–Crippen LogP) is -0.162. The zero-order valence-electron chi connectivity index (χ0n) is 8.32. The SMILES string of the molecule is CN1CCC(=O)C12CCS(=O)(=O)CC2. The highest BCUT2D eigenvalue weighted by Gasteiger charge is 2.49. The van der Waals surface area contributed by atoms with Crippen LogP contribution in [0.2, 0.25) is 0 Å². The lowest BCUT2D eigenvalue weighted by Crippen LogP contribution is -2.51. The van der Waals surface area contributed by atoms with Crippen LogP contribution < -0.4 is 0 Å². The van der Waals surface area contributed by atoms with Gasteiger partial charge in [-0.2, -0.15) is 0 Å². The molecule has 0 saturated carbocycles. The fourth-order valence-electron chi connectivity index (χ4n) is 2.47. The van der Waals surface area contributed by atoms with E-state index >= 15 is 0 Å². The Morgan fingerprint density at radius 3 is 2.29 bits per heavy atom. The zero-order valence-corrected chi connectivity index (χ0v) is 9.14. The summed E-state index contributed by atoms with van der Waals surface area (Å²) in [5.41, 5.74) is -0.439. The average Bonchev–Trinajstić information content (AvgIpc) is 2.39. The molecule has 0 N–H and O–H groups in total. The Morgan fingerprint density at radius 1 is 1.29 bits per heavy atom. The molecule has 0 aliphatic carbocycles. The molecule has 0 unspecified atom stereocenters. The summed E-state index contributed by atoms with van der Waals surface area (Å²) in [6, 6.07) is 0. The quantitative estimate of drug-likeness (QED) is 0.565. The van der Waals surface area contributed by atoms with Crippen LogP contribution in [0.3, 0.4) is 0 Å². The standard InChI is InChI=1S/C9H15NO3S/c1-10-5-2-8(11)9(10)3-6-14(12,13)7-4-9/h2-7H2,1H3. The largest absolute Gasteiger partial charge is 0.298 e. The van der Waals surface area contributed by atoms with Crippen LogP contribution >= 0.6 is 0 Å². The molecule has 1 spiro atoms. The molecule has 14 heavy (non-hydrogen) atoms. The van der Waals surface area contributed by atoms with Crippen LogP contribution in [-0.4, -0.2) is 49.7 Å². The van der Waals surface area contributed by atoms with Crippen molar-refractivity contribution in [3.63, 3.8) is 0 Å². The molecular formula is C9H15NO3S. The Balaban J connectivity index is 2.23. The lowest BCUT2D eigenvalue weighted by molar-refractivity contribution is -0.125. The average molecular weight is 217 g/mol. The summed E-state index contributed by atoms with van der Waals surface area (Å²) >= 11 is 0. The second-order valence-electron chi connectivity index (χ2n) is 4.28. The maximum Gasteiger partial charge on any atom is 0.154 e. The number of carbonyl (C=O) groups is 1. The number of likely N-dealkylation sites (tertiary alicyclic amines) is 1. The van der Waals surface area contributed by atoms with Gasteiger partial charge in [-0.15, -0.1) is 0 Å². The molecular weight excluding hydrogens is 202 g/mol. The van der Waals surface area contributed by atoms with Gasteiger partial charge in [-0.25, -0.2) is 8.42 Å². The molecule has 2 fully saturated rings. The second kappa shape index (κ2) is 3.03. The third-order valence-electron chi connectivity index (χ3n) is 3.58. The second-order valence-corrected chi connectivity index (χ2v) is 6.58. The van der Waals surface area contributed by atoms with Gasteiger partial charge in [-0.1, -0.05) is 0 Å². The summed E-state index contributed by atoms with van der Waals surface area (Å²) in [6.45, 7) is 0.777. The van der Waals surface area contributed by atoms with E-state index < -0.39 is 15.4 Å². The first-order chi connectivity index (χ1) is 6.46. The molecule has 80 valence electrons. The number of sulfone groups is 1. The third-order valence-corrected chi connectivity index (χ3v) is 5.23. The van der Waals surface area contributed by atoms with Gasteiger partial charge < -0.3 is 0 Å². The van der Waals surface area contributed by atoms with E-state index in [1.807, 2.05) is 11.9 Å². The number of hydrogen-bond donors (Lipinski definition) is 0. The molecule has 2 aliphatic heterocycles. The number of nitrogens with zero attached hydrogens (tertiary/aromatic N) is 1. The van der Waals surface area contributed by atoms with Crippen LogP contribution in [-0.2, 0) is 14.6 Å². The fourth-order valence-corrected chi connectivity index (χ4v) is 3.97. The van der Waals surface area contributed by atoms with Crippen molar-refractivity contribution in [2.24, 2.45) is 0 Å². The number of likely N-dealkylation sites (N-methyl/N-ethyl adjacent to an activating group) is 1. The van der Waals surface area contributed by atoms with Gasteiger partial charge in [0.15, 0.2) is 5.78 Å². The summed E-state index contributed by atoms with van der Waals surface area (Å²) < 4.78 is 22.5. The molecule has 0 aromatic carbocycles. The summed E-state index contributed by atoms with van der Waals surface area (Å²) in [4.78, 5) is 13.8. The molecule has 0 aromatic rings. The smallest absolute Gasteiger partial charge is 0.154 e. The van der Waals surface area contributed by atoms with E-state index in [-0.39, 0.29) is 17.3 Å². The van der Waals surface area contributed by atoms with Gasteiger partial charge in [0.1, 0.15) is 9.84 Å². The Bertz CT molecular complexity index is 346. The van der Waals surface area contributed by atoms with Crippen LogP contribution in [0.1, 0.15) is 19.3 Å². The highest BCUT2D eigenvalue weighted by Crippen LogP contribution is 2.35. The third kappa shape index (κ3) is 1.39. The molecule has 5 heteroatoms. The van der Waals surface area contributed by atoms with Crippen LogP contribution in [0.25, 0.3) is 0 Å². The Labute approximate surface area is 84.2 Å². The van der Waals surface area contributed by atoms with E-state index in [0.717, 1.165) is 6.54 Å². The summed E-state index contributed by atoms with van der Waals surface area (Å²) in [5, 5.41) is 0. The normalized spacial score (nSPS) is 31.1. The van der Waals surface area contributed by atoms with Crippen LogP contribution in [0.4, 0.5) is 0 Å². The molecule has 0 atom stereocenters. The van der Waals surface area contributed by atoms with Gasteiger partial charge in [0.2, 0.25) is 0 Å². The van der Waals surface area contributed by atoms with Gasteiger partial charge >= 0.3 is 0 Å². The lowest BCUT2D eigenvalue weighted by Gasteiger charge is -2.37. The lowest BCUT2D eigenvalue weighted by atomic mass is 9.88. The van der Waals surface area contributed by atoms with Gasteiger partial charge in [0.25, 0.3) is 0 Å². The molecule has 2 saturated heterocycles. The molecule has 2 heterocycles. The summed E-state index contributed by atoms with van der Waals surface area (Å²) in [5.74, 6) is 0.571. The van der Waals surface area contributed by atoms with E-state index in [9.17, 15) is 13.2 Å². The van der Waals surface area contributed by atoms with E-state index in [2.05, 4.69) is 0 Å². The monoisotopic (exact) mass is 217 g/mol. The molecule has 0 bridgehead atoms. The van der Waals surface area contributed by atoms with Crippen molar-refractivity contribution in [2.75, 3.05) is 25.1 Å². The highest BCUT2D eigenvalue weighted by molar-refractivity contribution is 7.91. The Kier molecular flexibility index (Phi) is 2.19. The fraction of sp³-hybridized carbons (Fsp3) is 0.889.